The Bertz CT molecular complexity index is 420. The second-order valence-corrected chi connectivity index (χ2v) is 4.58. The minimum absolute atomic E-state index is 0.0498. The Morgan fingerprint density at radius 2 is 1.69 bits per heavy atom. The lowest BCUT2D eigenvalue weighted by molar-refractivity contribution is 0.00681. The lowest BCUT2D eigenvalue weighted by Crippen LogP contribution is -2.24. The molecule has 1 aromatic rings. The maximum atomic E-state index is 13.0. The fraction of sp³-hybridized carbons (Fsp3) is 0.417. The third-order valence-electron chi connectivity index (χ3n) is 1.89. The second-order valence-electron chi connectivity index (χ2n) is 4.58. The van der Waals surface area contributed by atoms with Crippen molar-refractivity contribution in [1.82, 2.24) is 0 Å². The van der Waals surface area contributed by atoms with E-state index in [1.807, 2.05) is 0 Å². The van der Waals surface area contributed by atoms with Crippen molar-refractivity contribution in [2.75, 3.05) is 0 Å². The van der Waals surface area contributed by atoms with Crippen LogP contribution in [0.4, 0.5) is 8.78 Å². The number of rotatable bonds is 1. The minimum atomic E-state index is -1.05. The van der Waals surface area contributed by atoms with Gasteiger partial charge >= 0.3 is 5.97 Å². The molecule has 1 rings (SSSR count). The molecule has 0 atom stereocenters. The molecule has 1 aromatic carbocycles. The molecule has 4 heteroatoms. The molecule has 0 spiro atoms. The molecule has 0 saturated carbocycles. The minimum Gasteiger partial charge on any atom is -0.456 e. The first-order chi connectivity index (χ1) is 7.20. The predicted molar refractivity (Wildman–Crippen MR) is 56.3 cm³/mol. The topological polar surface area (TPSA) is 26.3 Å². The van der Waals surface area contributed by atoms with E-state index in [4.69, 9.17) is 4.74 Å². The molecule has 0 fully saturated rings. The molecular weight excluding hydrogens is 214 g/mol. The largest absolute Gasteiger partial charge is 0.456 e. The summed E-state index contributed by atoms with van der Waals surface area (Å²) in [6.45, 7) is 6.65. The van der Waals surface area contributed by atoms with Crippen LogP contribution in [-0.4, -0.2) is 11.6 Å². The fourth-order valence-electron chi connectivity index (χ4n) is 1.20. The summed E-state index contributed by atoms with van der Waals surface area (Å²) in [6.07, 6.45) is 0. The van der Waals surface area contributed by atoms with Crippen LogP contribution in [0.15, 0.2) is 12.1 Å². The van der Waals surface area contributed by atoms with Crippen molar-refractivity contribution in [3.63, 3.8) is 0 Å². The van der Waals surface area contributed by atoms with Gasteiger partial charge in [-0.3, -0.25) is 0 Å². The number of benzene rings is 1. The number of carbonyl (C=O) groups is 1. The van der Waals surface area contributed by atoms with Gasteiger partial charge in [0.15, 0.2) is 11.6 Å². The summed E-state index contributed by atoms with van der Waals surface area (Å²) in [6, 6.07) is 1.84. The van der Waals surface area contributed by atoms with Crippen molar-refractivity contribution in [3.05, 3.63) is 34.9 Å². The van der Waals surface area contributed by atoms with Crippen molar-refractivity contribution in [2.24, 2.45) is 0 Å². The number of carbonyl (C=O) groups excluding carboxylic acids is 1. The Morgan fingerprint density at radius 3 is 2.19 bits per heavy atom. The fourth-order valence-corrected chi connectivity index (χ4v) is 1.20. The normalized spacial score (nSPS) is 11.4. The van der Waals surface area contributed by atoms with Gasteiger partial charge in [-0.15, -0.1) is 0 Å². The van der Waals surface area contributed by atoms with Gasteiger partial charge in [-0.05, 0) is 45.4 Å². The SMILES string of the molecule is Cc1cc(F)c(F)cc1C(=O)OC(C)(C)C. The molecule has 0 unspecified atom stereocenters. The van der Waals surface area contributed by atoms with E-state index in [0.29, 0.717) is 5.56 Å². The quantitative estimate of drug-likeness (QED) is 0.690. The van der Waals surface area contributed by atoms with Gasteiger partial charge in [-0.1, -0.05) is 0 Å². The molecule has 16 heavy (non-hydrogen) atoms. The van der Waals surface area contributed by atoms with E-state index in [2.05, 4.69) is 0 Å². The Balaban J connectivity index is 3.05. The second kappa shape index (κ2) is 4.20. The lowest BCUT2D eigenvalue weighted by Gasteiger charge is -2.20. The van der Waals surface area contributed by atoms with Crippen molar-refractivity contribution >= 4 is 5.97 Å². The number of aryl methyl sites for hydroxylation is 1. The highest BCUT2D eigenvalue weighted by molar-refractivity contribution is 5.91. The van der Waals surface area contributed by atoms with Crippen LogP contribution in [-0.2, 0) is 4.74 Å². The molecule has 0 amide bonds. The average molecular weight is 228 g/mol. The highest BCUT2D eigenvalue weighted by Crippen LogP contribution is 2.18. The standard InChI is InChI=1S/C12H14F2O2/c1-7-5-9(13)10(14)6-8(7)11(15)16-12(2,3)4/h5-6H,1-4H3. The van der Waals surface area contributed by atoms with E-state index in [-0.39, 0.29) is 5.56 Å². The van der Waals surface area contributed by atoms with Gasteiger partial charge < -0.3 is 4.74 Å². The van der Waals surface area contributed by atoms with E-state index in [9.17, 15) is 13.6 Å². The first-order valence-corrected chi connectivity index (χ1v) is 4.90. The molecule has 0 bridgehead atoms. The Hall–Kier alpha value is -1.45. The Labute approximate surface area is 93.2 Å². The van der Waals surface area contributed by atoms with Crippen LogP contribution < -0.4 is 0 Å². The van der Waals surface area contributed by atoms with Gasteiger partial charge in [0.05, 0.1) is 5.56 Å². The molecule has 0 heterocycles. The molecule has 0 N–H and O–H groups in total. The molecule has 88 valence electrons. The third kappa shape index (κ3) is 3.02. The molecular formula is C12H14F2O2. The van der Waals surface area contributed by atoms with Crippen LogP contribution in [0.2, 0.25) is 0 Å². The first kappa shape index (κ1) is 12.6. The predicted octanol–water partition coefficient (Wildman–Crippen LogP) is 3.23. The zero-order chi connectivity index (χ0) is 12.5. The van der Waals surface area contributed by atoms with E-state index in [1.54, 1.807) is 20.8 Å². The van der Waals surface area contributed by atoms with Crippen LogP contribution in [0.3, 0.4) is 0 Å². The third-order valence-corrected chi connectivity index (χ3v) is 1.89. The molecule has 0 radical (unpaired) electrons. The summed E-state index contributed by atoms with van der Waals surface area (Å²) in [7, 11) is 0. The molecule has 0 aliphatic carbocycles. The summed E-state index contributed by atoms with van der Waals surface area (Å²) in [5.74, 6) is -2.67. The Kier molecular flexibility index (Phi) is 3.31. The number of hydrogen-bond acceptors (Lipinski definition) is 2. The van der Waals surface area contributed by atoms with Gasteiger partial charge in [-0.2, -0.15) is 0 Å². The average Bonchev–Trinajstić information content (AvgIpc) is 2.08. The number of halogens is 2. The van der Waals surface area contributed by atoms with E-state index < -0.39 is 23.2 Å². The zero-order valence-corrected chi connectivity index (χ0v) is 9.73. The van der Waals surface area contributed by atoms with Crippen molar-refractivity contribution in [3.8, 4) is 0 Å². The van der Waals surface area contributed by atoms with E-state index in [0.717, 1.165) is 12.1 Å². The van der Waals surface area contributed by atoms with Crippen molar-refractivity contribution in [1.29, 1.82) is 0 Å². The van der Waals surface area contributed by atoms with E-state index >= 15 is 0 Å². The summed E-state index contributed by atoms with van der Waals surface area (Å²) in [4.78, 5) is 11.6. The maximum absolute atomic E-state index is 13.0. The maximum Gasteiger partial charge on any atom is 0.339 e. The van der Waals surface area contributed by atoms with Gasteiger partial charge in [0.2, 0.25) is 0 Å². The monoisotopic (exact) mass is 228 g/mol. The summed E-state index contributed by atoms with van der Waals surface area (Å²) < 4.78 is 30.9. The van der Waals surface area contributed by atoms with Gasteiger partial charge in [0.25, 0.3) is 0 Å². The summed E-state index contributed by atoms with van der Waals surface area (Å²) in [5, 5.41) is 0. The molecule has 0 aromatic heterocycles. The Morgan fingerprint density at radius 1 is 1.19 bits per heavy atom. The zero-order valence-electron chi connectivity index (χ0n) is 9.73. The highest BCUT2D eigenvalue weighted by atomic mass is 19.2. The lowest BCUT2D eigenvalue weighted by atomic mass is 10.1. The van der Waals surface area contributed by atoms with Gasteiger partial charge in [0, 0.05) is 0 Å². The van der Waals surface area contributed by atoms with Crippen molar-refractivity contribution < 1.29 is 18.3 Å². The molecule has 0 aliphatic rings. The van der Waals surface area contributed by atoms with E-state index in [1.165, 1.54) is 6.92 Å². The number of ether oxygens (including phenoxy) is 1. The summed E-state index contributed by atoms with van der Waals surface area (Å²) in [5.41, 5.74) is -0.254. The summed E-state index contributed by atoms with van der Waals surface area (Å²) >= 11 is 0. The number of hydrogen-bond donors (Lipinski definition) is 0. The van der Waals surface area contributed by atoms with Crippen LogP contribution in [0.1, 0.15) is 36.7 Å². The van der Waals surface area contributed by atoms with Gasteiger partial charge in [-0.25, -0.2) is 13.6 Å². The molecule has 0 aliphatic heterocycles. The molecule has 2 nitrogen and oxygen atoms in total. The van der Waals surface area contributed by atoms with Gasteiger partial charge in [0.1, 0.15) is 5.60 Å². The van der Waals surface area contributed by atoms with Crippen LogP contribution in [0.5, 0.6) is 0 Å². The smallest absolute Gasteiger partial charge is 0.339 e. The van der Waals surface area contributed by atoms with Crippen LogP contribution in [0.25, 0.3) is 0 Å². The number of esters is 1. The van der Waals surface area contributed by atoms with Crippen LogP contribution >= 0.6 is 0 Å². The first-order valence-electron chi connectivity index (χ1n) is 4.90. The molecule has 0 saturated heterocycles. The van der Waals surface area contributed by atoms with Crippen molar-refractivity contribution in [2.45, 2.75) is 33.3 Å². The highest BCUT2D eigenvalue weighted by Gasteiger charge is 2.20. The van der Waals surface area contributed by atoms with Crippen LogP contribution in [0, 0.1) is 18.6 Å².